The Morgan fingerprint density at radius 2 is 1.68 bits per heavy atom. The van der Waals surface area contributed by atoms with E-state index in [0.717, 1.165) is 62.0 Å². The van der Waals surface area contributed by atoms with Crippen LogP contribution in [0.3, 0.4) is 0 Å². The number of hydrogen-bond donors (Lipinski definition) is 1. The van der Waals surface area contributed by atoms with Gasteiger partial charge in [0.05, 0.1) is 13.7 Å². The van der Waals surface area contributed by atoms with Gasteiger partial charge in [-0.2, -0.15) is 5.70 Å². The maximum absolute atomic E-state index is 13.3. The Bertz CT molecular complexity index is 2060. The van der Waals surface area contributed by atoms with E-state index in [-0.39, 0.29) is 53.0 Å². The molecule has 1 fully saturated rings. The summed E-state index contributed by atoms with van der Waals surface area (Å²) in [4.78, 5) is 41.0. The Hall–Kier alpha value is -3.89. The number of aromatic nitrogens is 3. The number of methoxy groups -OCH3 is 1. The van der Waals surface area contributed by atoms with Gasteiger partial charge in [0.1, 0.15) is 11.7 Å². The van der Waals surface area contributed by atoms with E-state index < -0.39 is 17.9 Å². The minimum atomic E-state index is -1.05. The van der Waals surface area contributed by atoms with Crippen molar-refractivity contribution >= 4 is 70.6 Å². The van der Waals surface area contributed by atoms with Gasteiger partial charge in [0.2, 0.25) is 0 Å². The third-order valence-corrected chi connectivity index (χ3v) is 9.97. The van der Waals surface area contributed by atoms with Crippen LogP contribution in [0, 0.1) is 38.5 Å². The second-order valence-corrected chi connectivity index (χ2v) is 12.3. The van der Waals surface area contributed by atoms with Crippen LogP contribution < -0.4 is 36.2 Å². The number of aliphatic hydroxyl groups is 1. The largest absolute Gasteiger partial charge is 2.00 e. The molecule has 0 amide bonds. The third kappa shape index (κ3) is 5.59. The molecule has 0 radical (unpaired) electrons. The number of carbonyl (C=O) groups excluding carboxylic acids is 2. The monoisotopic (exact) mass is 644 g/mol. The molecule has 47 heavy (non-hydrogen) atoms. The van der Waals surface area contributed by atoms with Crippen molar-refractivity contribution in [1.29, 1.82) is 0 Å². The second-order valence-electron chi connectivity index (χ2n) is 12.3. The molecule has 1 unspecified atom stereocenters. The van der Waals surface area contributed by atoms with Crippen LogP contribution in [-0.2, 0) is 25.5 Å². The fourth-order valence-corrected chi connectivity index (χ4v) is 7.43. The summed E-state index contributed by atoms with van der Waals surface area (Å²) in [6.45, 7) is 16.3. The SMILES string of the molecule is C=Cc1c2[n-]c(c1C)/C=C1\[N-]C(C3=c4[n-]c(c(C)c4=C(O)[C@@H]3C(=O)OC)/C=c3\[n-]/c(c(C)c3CC)=C\2)[C@@H](CCC(=O)OCC)[C@@H]1C.[Mg+2]. The molecule has 9 nitrogen and oxygen atoms in total. The van der Waals surface area contributed by atoms with Crippen LogP contribution in [0.1, 0.15) is 78.5 Å². The Morgan fingerprint density at radius 1 is 0.979 bits per heavy atom. The molecule has 4 atom stereocenters. The van der Waals surface area contributed by atoms with E-state index >= 15 is 0 Å². The Labute approximate surface area is 290 Å². The fourth-order valence-electron chi connectivity index (χ4n) is 7.43. The molecule has 3 aromatic rings. The van der Waals surface area contributed by atoms with Gasteiger partial charge in [-0.25, -0.2) is 0 Å². The molecule has 10 heteroatoms. The Morgan fingerprint density at radius 3 is 2.34 bits per heavy atom. The minimum absolute atomic E-state index is 0. The van der Waals surface area contributed by atoms with Gasteiger partial charge in [0.15, 0.2) is 0 Å². The summed E-state index contributed by atoms with van der Waals surface area (Å²) < 4.78 is 10.5. The van der Waals surface area contributed by atoms with E-state index in [1.807, 2.05) is 38.2 Å². The molecular weight excluding hydrogens is 605 g/mol. The van der Waals surface area contributed by atoms with Gasteiger partial charge < -0.3 is 34.8 Å². The molecule has 3 aliphatic rings. The second kappa shape index (κ2) is 13.3. The maximum Gasteiger partial charge on any atom is 2.00 e. The van der Waals surface area contributed by atoms with Crippen LogP contribution >= 0.6 is 0 Å². The summed E-state index contributed by atoms with van der Waals surface area (Å²) in [7, 11) is 1.31. The minimum Gasteiger partial charge on any atom is -0.681 e. The van der Waals surface area contributed by atoms with Crippen molar-refractivity contribution in [2.75, 3.05) is 13.7 Å². The third-order valence-electron chi connectivity index (χ3n) is 9.97. The number of carbonyl (C=O) groups is 2. The summed E-state index contributed by atoms with van der Waals surface area (Å²) in [5.41, 5.74) is 8.46. The normalized spacial score (nSPS) is 23.4. The Kier molecular flexibility index (Phi) is 9.76. The molecule has 6 rings (SSSR count). The van der Waals surface area contributed by atoms with Crippen molar-refractivity contribution < 1.29 is 24.2 Å². The molecule has 1 aliphatic carbocycles. The molecule has 242 valence electrons. The van der Waals surface area contributed by atoms with E-state index in [1.165, 1.54) is 7.11 Å². The van der Waals surface area contributed by atoms with Gasteiger partial charge >= 0.3 is 35.0 Å². The number of rotatable bonds is 7. The zero-order valence-electron chi connectivity index (χ0n) is 28.2. The fraction of sp³-hybridized carbons (Fsp3) is 0.405. The van der Waals surface area contributed by atoms with E-state index in [4.69, 9.17) is 29.7 Å². The zero-order valence-corrected chi connectivity index (χ0v) is 29.6. The average Bonchev–Trinajstić information content (AvgIpc) is 3.77. The summed E-state index contributed by atoms with van der Waals surface area (Å²) in [6, 6.07) is -0.546. The first-order valence-corrected chi connectivity index (χ1v) is 16.0. The van der Waals surface area contributed by atoms with E-state index in [2.05, 4.69) is 27.4 Å². The van der Waals surface area contributed by atoms with Crippen molar-refractivity contribution in [3.63, 3.8) is 0 Å². The predicted octanol–water partition coefficient (Wildman–Crippen LogP) is 2.29. The van der Waals surface area contributed by atoms with E-state index in [0.29, 0.717) is 34.9 Å². The van der Waals surface area contributed by atoms with Crippen LogP contribution in [0.15, 0.2) is 12.3 Å². The maximum atomic E-state index is 13.3. The van der Waals surface area contributed by atoms with Crippen LogP contribution in [0.25, 0.3) is 41.0 Å². The van der Waals surface area contributed by atoms with Crippen LogP contribution in [-0.4, -0.2) is 59.9 Å². The zero-order chi connectivity index (χ0) is 33.0. The first-order valence-electron chi connectivity index (χ1n) is 16.0. The van der Waals surface area contributed by atoms with Crippen LogP contribution in [0.4, 0.5) is 0 Å². The molecule has 1 saturated heterocycles. The molecule has 0 spiro atoms. The smallest absolute Gasteiger partial charge is 0.681 e. The van der Waals surface area contributed by atoms with Crippen LogP contribution in [0.2, 0.25) is 0 Å². The molecule has 0 aromatic carbocycles. The molecule has 0 saturated carbocycles. The molecule has 2 aliphatic heterocycles. The number of hydrogen-bond acceptors (Lipinski definition) is 5. The quantitative estimate of drug-likeness (QED) is 0.307. The first-order chi connectivity index (χ1) is 22.0. The number of allylic oxidation sites excluding steroid dienone is 1. The predicted molar refractivity (Wildman–Crippen MR) is 183 cm³/mol. The number of esters is 2. The topological polar surface area (TPSA) is 129 Å². The first kappa shape index (κ1) is 34.4. The summed E-state index contributed by atoms with van der Waals surface area (Å²) in [6.07, 6.45) is 9.25. The van der Waals surface area contributed by atoms with Gasteiger partial charge in [0.25, 0.3) is 0 Å². The summed E-state index contributed by atoms with van der Waals surface area (Å²) in [5, 5.41) is 19.6. The molecule has 5 heterocycles. The standard InChI is InChI=1S/C37H40N4O5.Mg/c1-9-21-17(4)24-14-26-19(6)23(12-13-30(42)46-11-3)34(40-26)32-33(37(44)45-8)36(43)31-20(7)27(41-35(31)32)16-29-22(10-2)18(5)25(39-29)15-28(21)38-24;/h9,14-16,19,23,33-34,43H,1,10-13H2,2-8H3;/q-4;+2/b25-15-,26-14-,29-16-;/t19-,23-,33+,34?;/m0./s1. The van der Waals surface area contributed by atoms with E-state index in [1.54, 1.807) is 6.92 Å². The number of nitrogens with zero attached hydrogens (tertiary/aromatic N) is 4. The number of fused-ring (bicyclic) bond motifs is 8. The number of ether oxygens (including phenoxy) is 2. The van der Waals surface area contributed by atoms with Crippen molar-refractivity contribution in [1.82, 2.24) is 15.0 Å². The number of aliphatic hydroxyl groups excluding tert-OH is 1. The van der Waals surface area contributed by atoms with Gasteiger partial charge in [0, 0.05) is 11.6 Å². The van der Waals surface area contributed by atoms with Gasteiger partial charge in [-0.3, -0.25) is 9.59 Å². The molecule has 1 N–H and O–H groups in total. The van der Waals surface area contributed by atoms with Gasteiger partial charge in [-0.05, 0) is 57.9 Å². The van der Waals surface area contributed by atoms with Crippen LogP contribution in [0.5, 0.6) is 0 Å². The molecule has 8 bridgehead atoms. The van der Waals surface area contributed by atoms with Crippen molar-refractivity contribution in [2.24, 2.45) is 17.8 Å². The summed E-state index contributed by atoms with van der Waals surface area (Å²) >= 11 is 0. The average molecular weight is 645 g/mol. The van der Waals surface area contributed by atoms with Crippen molar-refractivity contribution in [3.8, 4) is 0 Å². The van der Waals surface area contributed by atoms with Crippen molar-refractivity contribution in [3.05, 3.63) is 83.8 Å². The van der Waals surface area contributed by atoms with Crippen molar-refractivity contribution in [2.45, 2.75) is 66.8 Å². The van der Waals surface area contributed by atoms with Gasteiger partial charge in [-0.1, -0.05) is 78.6 Å². The molecule has 3 aromatic heterocycles. The van der Waals surface area contributed by atoms with E-state index in [9.17, 15) is 14.7 Å². The van der Waals surface area contributed by atoms with Gasteiger partial charge in [-0.15, -0.1) is 33.1 Å². The summed E-state index contributed by atoms with van der Waals surface area (Å²) in [5.74, 6) is -2.28. The molecular formula is C37H40MgN4O5-2. The Balaban J connectivity index is 0.00000433.